The zero-order valence-electron chi connectivity index (χ0n) is 8.83. The van der Waals surface area contributed by atoms with Gasteiger partial charge >= 0.3 is 5.97 Å². The van der Waals surface area contributed by atoms with E-state index in [1.807, 2.05) is 20.8 Å². The summed E-state index contributed by atoms with van der Waals surface area (Å²) in [4.78, 5) is 12.0. The zero-order valence-corrected chi connectivity index (χ0v) is 9.64. The number of carbonyl (C=O) groups excluding carboxylic acids is 1. The van der Waals surface area contributed by atoms with E-state index in [1.54, 1.807) is 6.92 Å². The maximum absolute atomic E-state index is 11.5. The number of hydrogen-bond acceptors (Lipinski definition) is 5. The second-order valence-corrected chi connectivity index (χ2v) is 4.68. The van der Waals surface area contributed by atoms with Gasteiger partial charge in [0.05, 0.1) is 12.3 Å². The largest absolute Gasteiger partial charge is 0.462 e. The maximum Gasteiger partial charge on any atom is 0.351 e. The van der Waals surface area contributed by atoms with E-state index < -0.39 is 0 Å². The first-order valence-corrected chi connectivity index (χ1v) is 5.24. The Morgan fingerprint density at radius 1 is 1.50 bits per heavy atom. The van der Waals surface area contributed by atoms with Crippen LogP contribution < -0.4 is 0 Å². The number of rotatable bonds is 2. The van der Waals surface area contributed by atoms with Crippen LogP contribution in [-0.4, -0.2) is 22.2 Å². The average Bonchev–Trinajstić information content (AvgIpc) is 2.50. The molecule has 0 bridgehead atoms. The molecule has 0 saturated carbocycles. The minimum absolute atomic E-state index is 0.172. The quantitative estimate of drug-likeness (QED) is 0.707. The summed E-state index contributed by atoms with van der Waals surface area (Å²) in [5, 5.41) is 3.96. The lowest BCUT2D eigenvalue weighted by atomic mass is 9.91. The highest BCUT2D eigenvalue weighted by Crippen LogP contribution is 2.26. The predicted octanol–water partition coefficient (Wildman–Crippen LogP) is 2.01. The Balaban J connectivity index is 2.99. The van der Waals surface area contributed by atoms with Gasteiger partial charge < -0.3 is 4.74 Å². The van der Waals surface area contributed by atoms with Gasteiger partial charge in [-0.2, -0.15) is 0 Å². The molecule has 0 aromatic carbocycles. The number of aromatic nitrogens is 2. The third-order valence-corrected chi connectivity index (χ3v) is 2.37. The predicted molar refractivity (Wildman–Crippen MR) is 54.6 cm³/mol. The van der Waals surface area contributed by atoms with Crippen molar-refractivity contribution >= 4 is 17.5 Å². The normalized spacial score (nSPS) is 11.4. The first-order chi connectivity index (χ1) is 6.46. The third-order valence-electron chi connectivity index (χ3n) is 1.66. The van der Waals surface area contributed by atoms with Crippen LogP contribution in [0.15, 0.2) is 0 Å². The summed E-state index contributed by atoms with van der Waals surface area (Å²) in [6, 6.07) is 0. The van der Waals surface area contributed by atoms with Crippen LogP contribution in [0.3, 0.4) is 0 Å². The topological polar surface area (TPSA) is 52.1 Å². The summed E-state index contributed by atoms with van der Waals surface area (Å²) in [6.45, 7) is 8.13. The zero-order chi connectivity index (χ0) is 10.8. The molecule has 4 nitrogen and oxygen atoms in total. The molecule has 5 heteroatoms. The molecular weight excluding hydrogens is 200 g/mol. The van der Waals surface area contributed by atoms with Crippen molar-refractivity contribution in [3.8, 4) is 0 Å². The molecule has 1 aromatic rings. The van der Waals surface area contributed by atoms with Gasteiger partial charge in [0.1, 0.15) is 0 Å². The van der Waals surface area contributed by atoms with Gasteiger partial charge in [0, 0.05) is 5.41 Å². The van der Waals surface area contributed by atoms with Crippen molar-refractivity contribution in [1.82, 2.24) is 9.59 Å². The fourth-order valence-electron chi connectivity index (χ4n) is 1.01. The number of hydrogen-bond donors (Lipinski definition) is 0. The number of esters is 1. The fourth-order valence-corrected chi connectivity index (χ4v) is 1.78. The second-order valence-electron chi connectivity index (χ2n) is 3.92. The van der Waals surface area contributed by atoms with Crippen molar-refractivity contribution in [2.45, 2.75) is 33.1 Å². The minimum Gasteiger partial charge on any atom is -0.462 e. The highest BCUT2D eigenvalue weighted by Gasteiger charge is 2.26. The highest BCUT2D eigenvalue weighted by molar-refractivity contribution is 7.07. The van der Waals surface area contributed by atoms with Crippen molar-refractivity contribution in [3.05, 3.63) is 10.6 Å². The fraction of sp³-hybridized carbons (Fsp3) is 0.667. The van der Waals surface area contributed by atoms with Crippen LogP contribution in [0.25, 0.3) is 0 Å². The average molecular weight is 214 g/mol. The van der Waals surface area contributed by atoms with Gasteiger partial charge in [0.25, 0.3) is 0 Å². The number of carbonyl (C=O) groups is 1. The SMILES string of the molecule is CCOC(=O)c1snnc1C(C)(C)C. The van der Waals surface area contributed by atoms with Gasteiger partial charge in [-0.05, 0) is 18.5 Å². The van der Waals surface area contributed by atoms with E-state index in [2.05, 4.69) is 9.59 Å². The van der Waals surface area contributed by atoms with E-state index in [0.717, 1.165) is 11.5 Å². The molecule has 0 aliphatic carbocycles. The number of nitrogens with zero attached hydrogens (tertiary/aromatic N) is 2. The van der Waals surface area contributed by atoms with Crippen LogP contribution in [-0.2, 0) is 10.2 Å². The molecule has 0 aliphatic heterocycles. The van der Waals surface area contributed by atoms with E-state index in [1.165, 1.54) is 0 Å². The maximum atomic E-state index is 11.5. The monoisotopic (exact) mass is 214 g/mol. The Morgan fingerprint density at radius 3 is 2.64 bits per heavy atom. The number of ether oxygens (including phenoxy) is 1. The Morgan fingerprint density at radius 2 is 2.14 bits per heavy atom. The Hall–Kier alpha value is -0.970. The first kappa shape index (κ1) is 11.1. The molecule has 14 heavy (non-hydrogen) atoms. The van der Waals surface area contributed by atoms with Crippen molar-refractivity contribution in [2.75, 3.05) is 6.61 Å². The molecule has 0 atom stereocenters. The standard InChI is InChI=1S/C9H14N2O2S/c1-5-13-8(12)6-7(9(2,3)4)10-11-14-6/h5H2,1-4H3. The smallest absolute Gasteiger partial charge is 0.351 e. The van der Waals surface area contributed by atoms with Gasteiger partial charge in [-0.15, -0.1) is 5.10 Å². The highest BCUT2D eigenvalue weighted by atomic mass is 32.1. The molecule has 78 valence electrons. The van der Waals surface area contributed by atoms with Gasteiger partial charge in [-0.1, -0.05) is 25.3 Å². The van der Waals surface area contributed by atoms with E-state index >= 15 is 0 Å². The molecular formula is C9H14N2O2S. The van der Waals surface area contributed by atoms with E-state index in [9.17, 15) is 4.79 Å². The lowest BCUT2D eigenvalue weighted by molar-refractivity contribution is 0.0529. The van der Waals surface area contributed by atoms with E-state index in [0.29, 0.717) is 17.2 Å². The molecule has 0 spiro atoms. The van der Waals surface area contributed by atoms with Crippen LogP contribution in [0.2, 0.25) is 0 Å². The van der Waals surface area contributed by atoms with Crippen LogP contribution in [0.4, 0.5) is 0 Å². The minimum atomic E-state index is -0.326. The summed E-state index contributed by atoms with van der Waals surface area (Å²) < 4.78 is 8.70. The van der Waals surface area contributed by atoms with Crippen LogP contribution in [0.5, 0.6) is 0 Å². The van der Waals surface area contributed by atoms with E-state index in [4.69, 9.17) is 4.74 Å². The van der Waals surface area contributed by atoms with Gasteiger partial charge in [-0.3, -0.25) is 0 Å². The van der Waals surface area contributed by atoms with Crippen molar-refractivity contribution in [3.63, 3.8) is 0 Å². The lowest BCUT2D eigenvalue weighted by Crippen LogP contribution is -2.17. The molecule has 0 fully saturated rings. The molecule has 0 unspecified atom stereocenters. The van der Waals surface area contributed by atoms with Gasteiger partial charge in [0.2, 0.25) is 0 Å². The van der Waals surface area contributed by atoms with Gasteiger partial charge in [0.15, 0.2) is 4.88 Å². The lowest BCUT2D eigenvalue weighted by Gasteiger charge is -2.15. The summed E-state index contributed by atoms with van der Waals surface area (Å²) >= 11 is 1.09. The molecule has 1 heterocycles. The molecule has 0 N–H and O–H groups in total. The van der Waals surface area contributed by atoms with Crippen molar-refractivity contribution in [2.24, 2.45) is 0 Å². The third kappa shape index (κ3) is 2.29. The molecule has 1 rings (SSSR count). The van der Waals surface area contributed by atoms with Crippen LogP contribution >= 0.6 is 11.5 Å². The van der Waals surface area contributed by atoms with Crippen LogP contribution in [0, 0.1) is 0 Å². The van der Waals surface area contributed by atoms with E-state index in [-0.39, 0.29) is 11.4 Å². The summed E-state index contributed by atoms with van der Waals surface area (Å²) in [7, 11) is 0. The molecule has 0 radical (unpaired) electrons. The summed E-state index contributed by atoms with van der Waals surface area (Å²) in [6.07, 6.45) is 0. The van der Waals surface area contributed by atoms with Crippen molar-refractivity contribution < 1.29 is 9.53 Å². The first-order valence-electron chi connectivity index (χ1n) is 4.46. The summed E-state index contributed by atoms with van der Waals surface area (Å²) in [5.74, 6) is -0.326. The van der Waals surface area contributed by atoms with Crippen LogP contribution in [0.1, 0.15) is 43.1 Å². The van der Waals surface area contributed by atoms with Crippen molar-refractivity contribution in [1.29, 1.82) is 0 Å². The Labute approximate surface area is 87.5 Å². The Kier molecular flexibility index (Phi) is 3.21. The summed E-state index contributed by atoms with van der Waals surface area (Å²) in [5.41, 5.74) is 0.538. The van der Waals surface area contributed by atoms with Gasteiger partial charge in [-0.25, -0.2) is 4.79 Å². The molecule has 0 saturated heterocycles. The second kappa shape index (κ2) is 4.04. The molecule has 0 amide bonds. The molecule has 1 aromatic heterocycles. The molecule has 0 aliphatic rings. The Bertz CT molecular complexity index is 328.